The van der Waals surface area contributed by atoms with E-state index in [0.717, 1.165) is 19.4 Å². The van der Waals surface area contributed by atoms with Crippen LogP contribution in [0.3, 0.4) is 0 Å². The van der Waals surface area contributed by atoms with Gasteiger partial charge in [-0.1, -0.05) is 0 Å². The molecule has 13 heavy (non-hydrogen) atoms. The third-order valence-electron chi connectivity index (χ3n) is 2.33. The maximum absolute atomic E-state index is 11.0. The van der Waals surface area contributed by atoms with E-state index in [2.05, 4.69) is 5.32 Å². The van der Waals surface area contributed by atoms with E-state index in [0.29, 0.717) is 19.0 Å². The van der Waals surface area contributed by atoms with Gasteiger partial charge in [-0.15, -0.1) is 0 Å². The molecule has 78 valence electrons. The van der Waals surface area contributed by atoms with Gasteiger partial charge in [-0.3, -0.25) is 0 Å². The smallest absolute Gasteiger partial charge is 0.276 e. The fraction of sp³-hybridized carbons (Fsp3) is 1.00. The van der Waals surface area contributed by atoms with Crippen molar-refractivity contribution >= 4 is 10.2 Å². The maximum atomic E-state index is 11.0. The molecule has 5 nitrogen and oxygen atoms in total. The Morgan fingerprint density at radius 1 is 1.62 bits per heavy atom. The first-order valence-corrected chi connectivity index (χ1v) is 5.97. The molecule has 0 aliphatic carbocycles. The van der Waals surface area contributed by atoms with Crippen LogP contribution in [0, 0.1) is 5.92 Å². The molecule has 1 aliphatic rings. The van der Waals surface area contributed by atoms with Crippen LogP contribution >= 0.6 is 0 Å². The van der Waals surface area contributed by atoms with E-state index in [1.165, 1.54) is 4.31 Å². The Kier molecular flexibility index (Phi) is 3.66. The van der Waals surface area contributed by atoms with Gasteiger partial charge in [-0.05, 0) is 32.4 Å². The number of hydrogen-bond acceptors (Lipinski definition) is 3. The molecule has 0 bridgehead atoms. The summed E-state index contributed by atoms with van der Waals surface area (Å²) in [5.41, 5.74) is 0. The summed E-state index contributed by atoms with van der Waals surface area (Å²) in [6.07, 6.45) is 1.98. The van der Waals surface area contributed by atoms with E-state index < -0.39 is 10.2 Å². The van der Waals surface area contributed by atoms with Crippen LogP contribution in [0.1, 0.15) is 12.8 Å². The lowest BCUT2D eigenvalue weighted by molar-refractivity contribution is 0.263. The van der Waals surface area contributed by atoms with E-state index in [4.69, 9.17) is 5.14 Å². The third-order valence-corrected chi connectivity index (χ3v) is 3.39. The molecule has 0 aromatic rings. The van der Waals surface area contributed by atoms with Crippen LogP contribution in [0.4, 0.5) is 0 Å². The lowest BCUT2D eigenvalue weighted by Crippen LogP contribution is -2.45. The average molecular weight is 207 g/mol. The van der Waals surface area contributed by atoms with Crippen LogP contribution in [0.25, 0.3) is 0 Å². The van der Waals surface area contributed by atoms with Gasteiger partial charge in [0.25, 0.3) is 10.2 Å². The molecule has 0 radical (unpaired) electrons. The van der Waals surface area contributed by atoms with Gasteiger partial charge < -0.3 is 5.32 Å². The van der Waals surface area contributed by atoms with Gasteiger partial charge in [-0.25, -0.2) is 5.14 Å². The van der Waals surface area contributed by atoms with E-state index in [1.807, 2.05) is 7.05 Å². The fourth-order valence-electron chi connectivity index (χ4n) is 1.71. The zero-order valence-corrected chi connectivity index (χ0v) is 8.68. The van der Waals surface area contributed by atoms with Gasteiger partial charge in [0.1, 0.15) is 0 Å². The van der Waals surface area contributed by atoms with Crippen molar-refractivity contribution in [2.24, 2.45) is 11.1 Å². The van der Waals surface area contributed by atoms with Gasteiger partial charge in [-0.2, -0.15) is 12.7 Å². The molecule has 1 unspecified atom stereocenters. The van der Waals surface area contributed by atoms with Gasteiger partial charge >= 0.3 is 0 Å². The van der Waals surface area contributed by atoms with Gasteiger partial charge in [0, 0.05) is 13.1 Å². The minimum atomic E-state index is -3.47. The summed E-state index contributed by atoms with van der Waals surface area (Å²) in [6.45, 7) is 1.98. The Morgan fingerprint density at radius 3 is 2.85 bits per heavy atom. The average Bonchev–Trinajstić information content (AvgIpc) is 2.04. The first-order chi connectivity index (χ1) is 6.04. The topological polar surface area (TPSA) is 75.4 Å². The highest BCUT2D eigenvalue weighted by atomic mass is 32.2. The van der Waals surface area contributed by atoms with E-state index in [9.17, 15) is 8.42 Å². The summed E-state index contributed by atoms with van der Waals surface area (Å²) >= 11 is 0. The minimum Gasteiger partial charge on any atom is -0.319 e. The summed E-state index contributed by atoms with van der Waals surface area (Å²) < 4.78 is 23.4. The molecule has 1 heterocycles. The number of nitrogens with one attached hydrogen (secondary N) is 1. The second kappa shape index (κ2) is 4.36. The normalized spacial score (nSPS) is 26.2. The van der Waals surface area contributed by atoms with Crippen molar-refractivity contribution in [3.05, 3.63) is 0 Å². The summed E-state index contributed by atoms with van der Waals surface area (Å²) in [5.74, 6) is 0.400. The third kappa shape index (κ3) is 3.22. The van der Waals surface area contributed by atoms with Gasteiger partial charge in [0.05, 0.1) is 0 Å². The monoisotopic (exact) mass is 207 g/mol. The zero-order valence-electron chi connectivity index (χ0n) is 7.86. The first kappa shape index (κ1) is 10.9. The van der Waals surface area contributed by atoms with Crippen LogP contribution in [0.15, 0.2) is 0 Å². The molecule has 0 aromatic carbocycles. The van der Waals surface area contributed by atoms with Crippen LogP contribution in [0.2, 0.25) is 0 Å². The number of nitrogens with two attached hydrogens (primary N) is 1. The number of rotatable bonds is 3. The Balaban J connectivity index is 2.52. The van der Waals surface area contributed by atoms with E-state index >= 15 is 0 Å². The molecule has 1 fully saturated rings. The molecule has 1 aliphatic heterocycles. The first-order valence-electron chi connectivity index (χ1n) is 4.46. The summed E-state index contributed by atoms with van der Waals surface area (Å²) in [5, 5.41) is 8.09. The molecule has 6 heteroatoms. The summed E-state index contributed by atoms with van der Waals surface area (Å²) in [4.78, 5) is 0. The Bertz CT molecular complexity index is 250. The maximum Gasteiger partial charge on any atom is 0.276 e. The minimum absolute atomic E-state index is 0.400. The number of nitrogens with zero attached hydrogens (tertiary/aromatic N) is 1. The Hall–Kier alpha value is -0.170. The Labute approximate surface area is 79.5 Å². The molecular formula is C7H17N3O2S. The van der Waals surface area contributed by atoms with E-state index in [1.54, 1.807) is 0 Å². The van der Waals surface area contributed by atoms with Crippen LogP contribution in [-0.2, 0) is 10.2 Å². The molecule has 0 amide bonds. The second-order valence-electron chi connectivity index (χ2n) is 3.47. The highest BCUT2D eigenvalue weighted by molar-refractivity contribution is 7.86. The molecule has 1 rings (SSSR count). The SMILES string of the molecule is CNCC1CCCN(S(N)(=O)=O)C1. The van der Waals surface area contributed by atoms with Crippen molar-refractivity contribution in [2.45, 2.75) is 12.8 Å². The summed E-state index contributed by atoms with van der Waals surface area (Å²) in [7, 11) is -1.60. The van der Waals surface area contributed by atoms with Crippen molar-refractivity contribution in [2.75, 3.05) is 26.7 Å². The molecular weight excluding hydrogens is 190 g/mol. The molecule has 1 saturated heterocycles. The molecule has 0 aromatic heterocycles. The zero-order chi connectivity index (χ0) is 9.90. The molecule has 0 saturated carbocycles. The lowest BCUT2D eigenvalue weighted by Gasteiger charge is -2.30. The van der Waals surface area contributed by atoms with Crippen molar-refractivity contribution < 1.29 is 8.42 Å². The van der Waals surface area contributed by atoms with Crippen molar-refractivity contribution in [3.8, 4) is 0 Å². The Morgan fingerprint density at radius 2 is 2.31 bits per heavy atom. The molecule has 3 N–H and O–H groups in total. The van der Waals surface area contributed by atoms with Crippen molar-refractivity contribution in [3.63, 3.8) is 0 Å². The van der Waals surface area contributed by atoms with Crippen molar-refractivity contribution in [1.82, 2.24) is 9.62 Å². The van der Waals surface area contributed by atoms with Gasteiger partial charge in [0.15, 0.2) is 0 Å². The predicted octanol–water partition coefficient (Wildman–Crippen LogP) is -0.879. The summed E-state index contributed by atoms with van der Waals surface area (Å²) in [6, 6.07) is 0. The highest BCUT2D eigenvalue weighted by Gasteiger charge is 2.25. The second-order valence-corrected chi connectivity index (χ2v) is 5.02. The lowest BCUT2D eigenvalue weighted by atomic mass is 10.00. The molecule has 1 atom stereocenters. The quantitative estimate of drug-likeness (QED) is 0.631. The number of hydrogen-bond donors (Lipinski definition) is 2. The van der Waals surface area contributed by atoms with E-state index in [-0.39, 0.29) is 0 Å². The van der Waals surface area contributed by atoms with Crippen molar-refractivity contribution in [1.29, 1.82) is 0 Å². The highest BCUT2D eigenvalue weighted by Crippen LogP contribution is 2.16. The molecule has 0 spiro atoms. The predicted molar refractivity (Wildman–Crippen MR) is 51.3 cm³/mol. The number of piperidine rings is 1. The standard InChI is InChI=1S/C7H17N3O2S/c1-9-5-7-3-2-4-10(6-7)13(8,11)12/h7,9H,2-6H2,1H3,(H2,8,11,12). The van der Waals surface area contributed by atoms with Crippen LogP contribution < -0.4 is 10.5 Å². The fourth-order valence-corrected chi connectivity index (χ4v) is 2.52. The van der Waals surface area contributed by atoms with Crippen LogP contribution in [-0.4, -0.2) is 39.4 Å². The van der Waals surface area contributed by atoms with Crippen LogP contribution in [0.5, 0.6) is 0 Å². The largest absolute Gasteiger partial charge is 0.319 e. The van der Waals surface area contributed by atoms with Gasteiger partial charge in [0.2, 0.25) is 0 Å².